The van der Waals surface area contributed by atoms with Gasteiger partial charge in [0.2, 0.25) is 5.88 Å². The van der Waals surface area contributed by atoms with Gasteiger partial charge in [-0.3, -0.25) is 0 Å². The standard InChI is InChI=1S/C22H22BrN5O4S/c1-4-15-8-5-6-9-19(15)31-12-7-13-32-22-16(14-24-27(22)2)17-10-11-18-20(25-17)21(23)26-28(18)33(3,29)30/h4-6,8-11,14H,1,7,12-13H2,2-3H3. The minimum atomic E-state index is -3.56. The number of ether oxygens (including phenoxy) is 2. The molecule has 0 radical (unpaired) electrons. The molecule has 0 aliphatic heterocycles. The number of aryl methyl sites for hydroxylation is 1. The van der Waals surface area contributed by atoms with Crippen LogP contribution in [0.25, 0.3) is 28.4 Å². The van der Waals surface area contributed by atoms with Crippen LogP contribution in [0.5, 0.6) is 11.6 Å². The zero-order valence-corrected chi connectivity index (χ0v) is 20.5. The molecule has 0 unspecified atom stereocenters. The van der Waals surface area contributed by atoms with Gasteiger partial charge in [0.1, 0.15) is 16.8 Å². The molecule has 0 fully saturated rings. The molecule has 11 heteroatoms. The summed E-state index contributed by atoms with van der Waals surface area (Å²) in [5.41, 5.74) is 3.05. The SMILES string of the molecule is C=Cc1ccccc1OCCCOc1c(-c2ccc3c(n2)c(Br)nn3S(C)(=O)=O)cnn1C. The summed E-state index contributed by atoms with van der Waals surface area (Å²) in [6, 6.07) is 11.1. The van der Waals surface area contributed by atoms with E-state index in [0.29, 0.717) is 52.4 Å². The molecule has 0 atom stereocenters. The Bertz CT molecular complexity index is 1430. The number of benzene rings is 1. The van der Waals surface area contributed by atoms with Crippen LogP contribution in [-0.4, -0.2) is 51.8 Å². The van der Waals surface area contributed by atoms with Gasteiger partial charge in [-0.1, -0.05) is 30.9 Å². The van der Waals surface area contributed by atoms with Crippen LogP contribution < -0.4 is 9.47 Å². The summed E-state index contributed by atoms with van der Waals surface area (Å²) >= 11 is 3.30. The fraction of sp³-hybridized carbons (Fsp3) is 0.227. The average molecular weight is 532 g/mol. The van der Waals surface area contributed by atoms with Crippen molar-refractivity contribution in [2.45, 2.75) is 6.42 Å². The normalized spacial score (nSPS) is 11.6. The highest BCUT2D eigenvalue weighted by atomic mass is 79.9. The second-order valence-electron chi connectivity index (χ2n) is 7.24. The van der Waals surface area contributed by atoms with Crippen LogP contribution in [0, 0.1) is 0 Å². The Morgan fingerprint density at radius 1 is 1.15 bits per heavy atom. The van der Waals surface area contributed by atoms with Crippen molar-refractivity contribution in [2.75, 3.05) is 19.5 Å². The first-order valence-corrected chi connectivity index (χ1v) is 12.7. The number of para-hydroxylation sites is 1. The van der Waals surface area contributed by atoms with Gasteiger partial charge in [0.05, 0.1) is 36.9 Å². The highest BCUT2D eigenvalue weighted by Gasteiger charge is 2.20. The van der Waals surface area contributed by atoms with Crippen molar-refractivity contribution in [2.24, 2.45) is 7.05 Å². The van der Waals surface area contributed by atoms with Gasteiger partial charge in [0, 0.05) is 19.0 Å². The first-order valence-electron chi connectivity index (χ1n) is 10.0. The second kappa shape index (κ2) is 9.36. The Morgan fingerprint density at radius 3 is 2.67 bits per heavy atom. The summed E-state index contributed by atoms with van der Waals surface area (Å²) in [4.78, 5) is 4.59. The maximum atomic E-state index is 12.0. The van der Waals surface area contributed by atoms with Crippen LogP contribution in [0.3, 0.4) is 0 Å². The maximum Gasteiger partial charge on any atom is 0.251 e. The molecule has 4 aromatic rings. The first kappa shape index (κ1) is 23.0. The van der Waals surface area contributed by atoms with E-state index >= 15 is 0 Å². The number of hydrogen-bond acceptors (Lipinski definition) is 7. The fourth-order valence-electron chi connectivity index (χ4n) is 3.31. The van der Waals surface area contributed by atoms with Gasteiger partial charge in [-0.2, -0.15) is 9.19 Å². The van der Waals surface area contributed by atoms with Crippen LogP contribution in [0.1, 0.15) is 12.0 Å². The first-order chi connectivity index (χ1) is 15.8. The lowest BCUT2D eigenvalue weighted by Crippen LogP contribution is -2.11. The molecule has 33 heavy (non-hydrogen) atoms. The van der Waals surface area contributed by atoms with Crippen LogP contribution >= 0.6 is 15.9 Å². The number of nitrogens with zero attached hydrogens (tertiary/aromatic N) is 5. The topological polar surface area (TPSA) is 101 Å². The van der Waals surface area contributed by atoms with Crippen molar-refractivity contribution in [3.63, 3.8) is 0 Å². The molecule has 0 aliphatic rings. The minimum Gasteiger partial charge on any atom is -0.493 e. The molecule has 9 nitrogen and oxygen atoms in total. The van der Waals surface area contributed by atoms with Crippen molar-refractivity contribution in [3.8, 4) is 22.9 Å². The Balaban J connectivity index is 1.48. The lowest BCUT2D eigenvalue weighted by atomic mass is 10.2. The van der Waals surface area contributed by atoms with Crippen molar-refractivity contribution in [1.29, 1.82) is 0 Å². The summed E-state index contributed by atoms with van der Waals surface area (Å²) < 4.78 is 38.7. The Labute approximate surface area is 199 Å². The third-order valence-corrected chi connectivity index (χ3v) is 6.29. The number of pyridine rings is 1. The highest BCUT2D eigenvalue weighted by Crippen LogP contribution is 2.31. The molecule has 172 valence electrons. The van der Waals surface area contributed by atoms with E-state index in [1.807, 2.05) is 24.3 Å². The Hall–Kier alpha value is -3.18. The summed E-state index contributed by atoms with van der Waals surface area (Å²) in [5, 5.41) is 8.33. The third-order valence-electron chi connectivity index (χ3n) is 4.85. The predicted octanol–water partition coefficient (Wildman–Crippen LogP) is 3.89. The van der Waals surface area contributed by atoms with Gasteiger partial charge >= 0.3 is 0 Å². The predicted molar refractivity (Wildman–Crippen MR) is 130 cm³/mol. The van der Waals surface area contributed by atoms with Crippen LogP contribution in [0.15, 0.2) is 53.8 Å². The molecule has 3 heterocycles. The summed E-state index contributed by atoms with van der Waals surface area (Å²) in [6.45, 7) is 4.70. The van der Waals surface area contributed by atoms with Crippen molar-refractivity contribution in [3.05, 3.63) is 59.3 Å². The molecule has 3 aromatic heterocycles. The molecule has 0 saturated carbocycles. The molecule has 0 aliphatic carbocycles. The summed E-state index contributed by atoms with van der Waals surface area (Å²) in [7, 11) is -1.77. The number of fused-ring (bicyclic) bond motifs is 1. The summed E-state index contributed by atoms with van der Waals surface area (Å²) in [5.74, 6) is 1.34. The van der Waals surface area contributed by atoms with Gasteiger partial charge in [-0.25, -0.2) is 18.1 Å². The van der Waals surface area contributed by atoms with E-state index < -0.39 is 10.0 Å². The number of hydrogen-bond donors (Lipinski definition) is 0. The second-order valence-corrected chi connectivity index (χ2v) is 9.80. The van der Waals surface area contributed by atoms with E-state index in [4.69, 9.17) is 9.47 Å². The average Bonchev–Trinajstić information content (AvgIpc) is 3.33. The molecule has 1 aromatic carbocycles. The number of halogens is 1. The molecule has 0 saturated heterocycles. The minimum absolute atomic E-state index is 0.341. The summed E-state index contributed by atoms with van der Waals surface area (Å²) in [6.07, 6.45) is 5.17. The van der Waals surface area contributed by atoms with E-state index in [9.17, 15) is 8.42 Å². The fourth-order valence-corrected chi connectivity index (χ4v) is 4.60. The van der Waals surface area contributed by atoms with Crippen molar-refractivity contribution < 1.29 is 17.9 Å². The molecule has 4 rings (SSSR count). The highest BCUT2D eigenvalue weighted by molar-refractivity contribution is 9.10. The van der Waals surface area contributed by atoms with E-state index in [1.165, 1.54) is 0 Å². The smallest absolute Gasteiger partial charge is 0.251 e. The van der Waals surface area contributed by atoms with Gasteiger partial charge in [0.15, 0.2) is 4.60 Å². The lowest BCUT2D eigenvalue weighted by Gasteiger charge is -2.11. The van der Waals surface area contributed by atoms with Crippen LogP contribution in [0.2, 0.25) is 0 Å². The zero-order chi connectivity index (χ0) is 23.6. The number of aromatic nitrogens is 5. The maximum absolute atomic E-state index is 12.0. The third kappa shape index (κ3) is 4.79. The molecular weight excluding hydrogens is 510 g/mol. The quantitative estimate of drug-likeness (QED) is 0.302. The monoisotopic (exact) mass is 531 g/mol. The zero-order valence-electron chi connectivity index (χ0n) is 18.1. The van der Waals surface area contributed by atoms with Gasteiger partial charge < -0.3 is 9.47 Å². The van der Waals surface area contributed by atoms with Crippen molar-refractivity contribution in [1.82, 2.24) is 24.0 Å². The van der Waals surface area contributed by atoms with Crippen LogP contribution in [0.4, 0.5) is 0 Å². The van der Waals surface area contributed by atoms with Gasteiger partial charge in [-0.15, -0.1) is 5.10 Å². The molecule has 0 spiro atoms. The lowest BCUT2D eigenvalue weighted by molar-refractivity contribution is 0.236. The Kier molecular flexibility index (Phi) is 6.52. The van der Waals surface area contributed by atoms with E-state index in [1.54, 1.807) is 36.1 Å². The molecule has 0 N–H and O–H groups in total. The Morgan fingerprint density at radius 2 is 1.91 bits per heavy atom. The van der Waals surface area contributed by atoms with Crippen LogP contribution in [-0.2, 0) is 17.1 Å². The molecular formula is C22H22BrN5O4S. The largest absolute Gasteiger partial charge is 0.493 e. The molecule has 0 amide bonds. The van der Waals surface area contributed by atoms with Gasteiger partial charge in [0.25, 0.3) is 10.0 Å². The van der Waals surface area contributed by atoms with E-state index in [2.05, 4.69) is 37.7 Å². The molecule has 0 bridgehead atoms. The van der Waals surface area contributed by atoms with E-state index in [-0.39, 0.29) is 0 Å². The van der Waals surface area contributed by atoms with E-state index in [0.717, 1.165) is 21.7 Å². The number of rotatable bonds is 9. The van der Waals surface area contributed by atoms with Crippen molar-refractivity contribution >= 4 is 43.1 Å². The van der Waals surface area contributed by atoms with Gasteiger partial charge in [-0.05, 0) is 34.1 Å².